The van der Waals surface area contributed by atoms with E-state index in [-0.39, 0.29) is 35.5 Å². The second-order valence-corrected chi connectivity index (χ2v) is 9.98. The maximum atomic E-state index is 15.1. The van der Waals surface area contributed by atoms with E-state index in [1.54, 1.807) is 0 Å². The molecule has 1 aromatic heterocycles. The van der Waals surface area contributed by atoms with Crippen molar-refractivity contribution in [3.63, 3.8) is 0 Å². The molecule has 3 saturated heterocycles. The smallest absolute Gasteiger partial charge is 0.319 e. The number of anilines is 1. The molecular weight excluding hydrogens is 484 g/mol. The molecule has 1 aromatic carbocycles. The molecular formula is C22H26BrF2N5O2. The summed E-state index contributed by atoms with van der Waals surface area (Å²) >= 11 is 3.29. The number of fused-ring (bicyclic) bond motifs is 2. The van der Waals surface area contributed by atoms with Gasteiger partial charge in [-0.2, -0.15) is 9.97 Å². The number of halogens is 3. The number of alkyl halides is 1. The number of carbonyl (C=O) groups excluding carboxylic acids is 1. The zero-order chi connectivity index (χ0) is 22.5. The fourth-order valence-electron chi connectivity index (χ4n) is 5.21. The van der Waals surface area contributed by atoms with Crippen LogP contribution in [0.4, 0.5) is 14.6 Å². The van der Waals surface area contributed by atoms with Crippen molar-refractivity contribution in [2.75, 3.05) is 38.1 Å². The molecule has 0 radical (unpaired) electrons. The van der Waals surface area contributed by atoms with E-state index in [1.165, 1.54) is 0 Å². The molecule has 3 atom stereocenters. The Hall–Kier alpha value is -2.07. The van der Waals surface area contributed by atoms with Crippen molar-refractivity contribution in [1.29, 1.82) is 0 Å². The van der Waals surface area contributed by atoms with Crippen LogP contribution in [0.25, 0.3) is 10.9 Å². The summed E-state index contributed by atoms with van der Waals surface area (Å²) in [6.45, 7) is 4.49. The highest BCUT2D eigenvalue weighted by Gasteiger charge is 2.49. The van der Waals surface area contributed by atoms with Crippen molar-refractivity contribution >= 4 is 38.6 Å². The van der Waals surface area contributed by atoms with Gasteiger partial charge in [0, 0.05) is 43.8 Å². The largest absolute Gasteiger partial charge is 0.461 e. The normalized spacial score (nSPS) is 27.7. The fourth-order valence-corrected chi connectivity index (χ4v) is 5.51. The van der Waals surface area contributed by atoms with Crippen LogP contribution in [0.3, 0.4) is 0 Å². The number of hydrogen-bond acceptors (Lipinski definition) is 6. The van der Waals surface area contributed by atoms with Crippen LogP contribution in [0, 0.1) is 18.7 Å². The lowest BCUT2D eigenvalue weighted by Gasteiger charge is -2.30. The zero-order valence-electron chi connectivity index (χ0n) is 17.9. The summed E-state index contributed by atoms with van der Waals surface area (Å²) in [6, 6.07) is 1.90. The van der Waals surface area contributed by atoms with E-state index in [1.807, 2.05) is 13.0 Å². The van der Waals surface area contributed by atoms with Crippen LogP contribution in [-0.2, 0) is 4.79 Å². The van der Waals surface area contributed by atoms with Crippen LogP contribution in [0.1, 0.15) is 31.2 Å². The monoisotopic (exact) mass is 509 g/mol. The molecule has 3 aliphatic heterocycles. The SMILES string of the molecule is Cc1cc2c(NCC3CNC(=O)C3)nc(OC[C@@]34CCCN3C[C@H](F)C4)nc2c(F)c1Br. The van der Waals surface area contributed by atoms with Gasteiger partial charge in [-0.15, -0.1) is 0 Å². The number of hydrogen-bond donors (Lipinski definition) is 2. The summed E-state index contributed by atoms with van der Waals surface area (Å²) in [6.07, 6.45) is 1.91. The molecule has 3 aliphatic rings. The second kappa shape index (κ2) is 8.37. The van der Waals surface area contributed by atoms with Crippen molar-refractivity contribution in [2.24, 2.45) is 5.92 Å². The van der Waals surface area contributed by atoms with Crippen molar-refractivity contribution in [3.8, 4) is 6.01 Å². The Labute approximate surface area is 193 Å². The quantitative estimate of drug-likeness (QED) is 0.621. The number of ether oxygens (including phenoxy) is 1. The highest BCUT2D eigenvalue weighted by molar-refractivity contribution is 9.10. The topological polar surface area (TPSA) is 79.4 Å². The first kappa shape index (κ1) is 21.8. The average molecular weight is 510 g/mol. The number of benzene rings is 1. The number of nitrogens with zero attached hydrogens (tertiary/aromatic N) is 3. The van der Waals surface area contributed by atoms with Crippen LogP contribution in [0.5, 0.6) is 6.01 Å². The molecule has 7 nitrogen and oxygen atoms in total. The Morgan fingerprint density at radius 2 is 2.28 bits per heavy atom. The zero-order valence-corrected chi connectivity index (χ0v) is 19.5. The summed E-state index contributed by atoms with van der Waals surface area (Å²) in [5.41, 5.74) is 0.549. The standard InChI is InChI=1S/C22H26BrF2N5O2/c1-12-5-15-19(18(25)17(12)23)28-21(29-20(15)27-9-13-6-16(31)26-8-13)32-11-22-3-2-4-30(22)10-14(24)7-22/h5,13-14H,2-4,6-11H2,1H3,(H,26,31)(H,27,28,29)/t13?,14-,22+/m1/s1. The molecule has 5 rings (SSSR count). The van der Waals surface area contributed by atoms with Gasteiger partial charge in [-0.1, -0.05) is 0 Å². The van der Waals surface area contributed by atoms with E-state index in [4.69, 9.17) is 4.74 Å². The Morgan fingerprint density at radius 3 is 3.06 bits per heavy atom. The second-order valence-electron chi connectivity index (χ2n) is 9.19. The van der Waals surface area contributed by atoms with Gasteiger partial charge in [-0.05, 0) is 53.9 Å². The Balaban J connectivity index is 1.44. The Bertz CT molecular complexity index is 1070. The number of nitrogens with one attached hydrogen (secondary N) is 2. The van der Waals surface area contributed by atoms with Gasteiger partial charge in [-0.25, -0.2) is 8.78 Å². The molecule has 1 amide bonds. The first-order valence-corrected chi connectivity index (χ1v) is 11.8. The third-order valence-electron chi connectivity index (χ3n) is 6.88. The highest BCUT2D eigenvalue weighted by atomic mass is 79.9. The van der Waals surface area contributed by atoms with Gasteiger partial charge >= 0.3 is 6.01 Å². The van der Waals surface area contributed by atoms with Crippen molar-refractivity contribution in [1.82, 2.24) is 20.2 Å². The fraction of sp³-hybridized carbons (Fsp3) is 0.591. The van der Waals surface area contributed by atoms with Gasteiger partial charge in [-0.3, -0.25) is 9.69 Å². The lowest BCUT2D eigenvalue weighted by Crippen LogP contribution is -2.43. The molecule has 32 heavy (non-hydrogen) atoms. The molecule has 1 unspecified atom stereocenters. The minimum absolute atomic E-state index is 0.0299. The minimum Gasteiger partial charge on any atom is -0.461 e. The first-order chi connectivity index (χ1) is 15.3. The molecule has 0 bridgehead atoms. The third kappa shape index (κ3) is 3.91. The molecule has 172 valence electrons. The van der Waals surface area contributed by atoms with Gasteiger partial charge in [0.05, 0.1) is 10.0 Å². The lowest BCUT2D eigenvalue weighted by atomic mass is 9.95. The predicted molar refractivity (Wildman–Crippen MR) is 120 cm³/mol. The summed E-state index contributed by atoms with van der Waals surface area (Å²) < 4.78 is 35.5. The van der Waals surface area contributed by atoms with Crippen molar-refractivity contribution < 1.29 is 18.3 Å². The number of carbonyl (C=O) groups is 1. The number of rotatable bonds is 6. The number of amides is 1. The summed E-state index contributed by atoms with van der Waals surface area (Å²) in [5, 5.41) is 6.64. The van der Waals surface area contributed by atoms with Crippen LogP contribution in [0.15, 0.2) is 10.5 Å². The van der Waals surface area contributed by atoms with Crippen LogP contribution in [0.2, 0.25) is 0 Å². The molecule has 10 heteroatoms. The third-order valence-corrected chi connectivity index (χ3v) is 7.86. The van der Waals surface area contributed by atoms with E-state index in [2.05, 4.69) is 41.4 Å². The maximum Gasteiger partial charge on any atom is 0.319 e. The average Bonchev–Trinajstić information content (AvgIpc) is 3.43. The first-order valence-electron chi connectivity index (χ1n) is 11.0. The molecule has 3 fully saturated rings. The molecule has 4 heterocycles. The van der Waals surface area contributed by atoms with Crippen LogP contribution in [-0.4, -0.2) is 65.3 Å². The van der Waals surface area contributed by atoms with Crippen molar-refractivity contribution in [3.05, 3.63) is 21.9 Å². The van der Waals surface area contributed by atoms with E-state index >= 15 is 4.39 Å². The Morgan fingerprint density at radius 1 is 1.44 bits per heavy atom. The van der Waals surface area contributed by atoms with Crippen molar-refractivity contribution in [2.45, 2.75) is 44.3 Å². The number of aromatic nitrogens is 2. The minimum atomic E-state index is -0.854. The molecule has 0 aliphatic carbocycles. The summed E-state index contributed by atoms with van der Waals surface area (Å²) in [5.74, 6) is 0.152. The van der Waals surface area contributed by atoms with Gasteiger partial charge < -0.3 is 15.4 Å². The molecule has 0 spiro atoms. The molecule has 2 aromatic rings. The molecule has 2 N–H and O–H groups in total. The summed E-state index contributed by atoms with van der Waals surface area (Å²) in [4.78, 5) is 22.6. The number of aryl methyl sites for hydroxylation is 1. The highest BCUT2D eigenvalue weighted by Crippen LogP contribution is 2.40. The predicted octanol–water partition coefficient (Wildman–Crippen LogP) is 3.34. The summed E-state index contributed by atoms with van der Waals surface area (Å²) in [7, 11) is 0. The van der Waals surface area contributed by atoms with E-state index in [0.29, 0.717) is 48.2 Å². The Kier molecular flexibility index (Phi) is 5.69. The van der Waals surface area contributed by atoms with Gasteiger partial charge in [0.25, 0.3) is 0 Å². The van der Waals surface area contributed by atoms with Crippen LogP contribution < -0.4 is 15.4 Å². The van der Waals surface area contributed by atoms with Crippen LogP contribution >= 0.6 is 15.9 Å². The lowest BCUT2D eigenvalue weighted by molar-refractivity contribution is -0.119. The maximum absolute atomic E-state index is 15.1. The van der Waals surface area contributed by atoms with E-state index in [9.17, 15) is 9.18 Å². The van der Waals surface area contributed by atoms with Gasteiger partial charge in [0.2, 0.25) is 5.91 Å². The van der Waals surface area contributed by atoms with Gasteiger partial charge in [0.1, 0.15) is 24.1 Å². The molecule has 0 saturated carbocycles. The van der Waals surface area contributed by atoms with Gasteiger partial charge in [0.15, 0.2) is 5.82 Å². The van der Waals surface area contributed by atoms with E-state index < -0.39 is 12.0 Å². The van der Waals surface area contributed by atoms with E-state index in [0.717, 1.165) is 24.9 Å².